The maximum absolute atomic E-state index is 13.0. The van der Waals surface area contributed by atoms with Gasteiger partial charge in [0.2, 0.25) is 5.91 Å². The van der Waals surface area contributed by atoms with Crippen molar-refractivity contribution in [3.05, 3.63) is 36.5 Å². The van der Waals surface area contributed by atoms with E-state index >= 15 is 0 Å². The SMILES string of the molecule is CCCCCCC/C=C\CCCCCCCC(=O)NC(COC1OC(CO)C(O)C(O)C1O)C(O)/C=C/CC/C=C/CCCCCCCCCCCCCCCCCCCCC. The largest absolute Gasteiger partial charge is 0.394 e. The van der Waals surface area contributed by atoms with Gasteiger partial charge in [0.05, 0.1) is 25.4 Å². The van der Waals surface area contributed by atoms with Crippen LogP contribution in [0.5, 0.6) is 0 Å². The number of unbranched alkanes of at least 4 members (excludes halogenated alkanes) is 30. The van der Waals surface area contributed by atoms with Crippen LogP contribution in [-0.2, 0) is 14.3 Å². The molecule has 1 aliphatic rings. The molecule has 1 heterocycles. The molecule has 0 aliphatic carbocycles. The molecule has 9 heteroatoms. The molecule has 6 N–H and O–H groups in total. The number of allylic oxidation sites excluding steroid dienone is 5. The second-order valence-electron chi connectivity index (χ2n) is 18.3. The van der Waals surface area contributed by atoms with Crippen LogP contribution in [0, 0.1) is 0 Å². The number of nitrogens with one attached hydrogen (secondary N) is 1. The molecular weight excluding hydrogens is 779 g/mol. The van der Waals surface area contributed by atoms with Gasteiger partial charge in [-0.3, -0.25) is 4.79 Å². The van der Waals surface area contributed by atoms with Crippen molar-refractivity contribution in [3.8, 4) is 0 Å². The summed E-state index contributed by atoms with van der Waals surface area (Å²) >= 11 is 0. The van der Waals surface area contributed by atoms with Crippen LogP contribution in [0.15, 0.2) is 36.5 Å². The number of amides is 1. The number of aliphatic hydroxyl groups is 5. The molecule has 0 spiro atoms. The fourth-order valence-corrected chi connectivity index (χ4v) is 8.23. The second kappa shape index (κ2) is 43.3. The van der Waals surface area contributed by atoms with Crippen molar-refractivity contribution in [2.24, 2.45) is 0 Å². The van der Waals surface area contributed by atoms with Crippen LogP contribution in [0.1, 0.15) is 239 Å². The highest BCUT2D eigenvalue weighted by molar-refractivity contribution is 5.76. The van der Waals surface area contributed by atoms with Crippen molar-refractivity contribution in [3.63, 3.8) is 0 Å². The van der Waals surface area contributed by atoms with Gasteiger partial charge >= 0.3 is 0 Å². The van der Waals surface area contributed by atoms with E-state index in [0.717, 1.165) is 57.8 Å². The van der Waals surface area contributed by atoms with Crippen molar-refractivity contribution < 1.29 is 39.8 Å². The smallest absolute Gasteiger partial charge is 0.220 e. The highest BCUT2D eigenvalue weighted by Crippen LogP contribution is 2.23. The van der Waals surface area contributed by atoms with Gasteiger partial charge in [0.15, 0.2) is 6.29 Å². The van der Waals surface area contributed by atoms with E-state index in [-0.39, 0.29) is 12.5 Å². The first kappa shape index (κ1) is 58.4. The Morgan fingerprint density at radius 3 is 1.35 bits per heavy atom. The Bertz CT molecular complexity index is 1070. The topological polar surface area (TPSA) is 149 Å². The summed E-state index contributed by atoms with van der Waals surface area (Å²) in [6.45, 7) is 3.76. The molecule has 0 bridgehead atoms. The molecule has 1 amide bonds. The van der Waals surface area contributed by atoms with Gasteiger partial charge in [-0.25, -0.2) is 0 Å². The zero-order chi connectivity index (χ0) is 45.1. The summed E-state index contributed by atoms with van der Waals surface area (Å²) < 4.78 is 11.2. The Morgan fingerprint density at radius 1 is 0.532 bits per heavy atom. The van der Waals surface area contributed by atoms with Crippen molar-refractivity contribution in [2.45, 2.75) is 281 Å². The summed E-state index contributed by atoms with van der Waals surface area (Å²) in [7, 11) is 0. The maximum atomic E-state index is 13.0. The molecule has 0 radical (unpaired) electrons. The fourth-order valence-electron chi connectivity index (χ4n) is 8.23. The lowest BCUT2D eigenvalue weighted by Crippen LogP contribution is -2.60. The first-order valence-corrected chi connectivity index (χ1v) is 26.2. The van der Waals surface area contributed by atoms with E-state index in [1.807, 2.05) is 6.08 Å². The van der Waals surface area contributed by atoms with Gasteiger partial charge in [-0.2, -0.15) is 0 Å². The van der Waals surface area contributed by atoms with E-state index in [4.69, 9.17) is 9.47 Å². The Morgan fingerprint density at radius 2 is 0.919 bits per heavy atom. The Hall–Kier alpha value is -1.59. The number of ether oxygens (including phenoxy) is 2. The predicted octanol–water partition coefficient (Wildman–Crippen LogP) is 12.0. The van der Waals surface area contributed by atoms with Crippen molar-refractivity contribution in [1.29, 1.82) is 0 Å². The first-order valence-electron chi connectivity index (χ1n) is 26.2. The average Bonchev–Trinajstić information content (AvgIpc) is 3.27. The van der Waals surface area contributed by atoms with E-state index < -0.39 is 49.5 Å². The van der Waals surface area contributed by atoms with Gasteiger partial charge in [-0.05, 0) is 57.8 Å². The minimum atomic E-state index is -1.57. The van der Waals surface area contributed by atoms with Gasteiger partial charge in [0.1, 0.15) is 24.4 Å². The number of hydrogen-bond donors (Lipinski definition) is 6. The minimum absolute atomic E-state index is 0.195. The first-order chi connectivity index (χ1) is 30.3. The second-order valence-corrected chi connectivity index (χ2v) is 18.3. The van der Waals surface area contributed by atoms with Crippen LogP contribution < -0.4 is 5.32 Å². The normalized spacial score (nSPS) is 20.5. The predicted molar refractivity (Wildman–Crippen MR) is 258 cm³/mol. The molecule has 1 aliphatic heterocycles. The molecule has 364 valence electrons. The van der Waals surface area contributed by atoms with Crippen LogP contribution in [0.4, 0.5) is 0 Å². The van der Waals surface area contributed by atoms with Crippen molar-refractivity contribution in [1.82, 2.24) is 5.32 Å². The zero-order valence-corrected chi connectivity index (χ0v) is 40.1. The van der Waals surface area contributed by atoms with Crippen LogP contribution in [0.2, 0.25) is 0 Å². The maximum Gasteiger partial charge on any atom is 0.220 e. The molecule has 62 heavy (non-hydrogen) atoms. The van der Waals surface area contributed by atoms with E-state index in [1.165, 1.54) is 161 Å². The number of hydrogen-bond acceptors (Lipinski definition) is 8. The Labute approximate surface area is 381 Å². The molecular formula is C53H99NO8. The van der Waals surface area contributed by atoms with Gasteiger partial charge < -0.3 is 40.3 Å². The van der Waals surface area contributed by atoms with Crippen LogP contribution in [0.25, 0.3) is 0 Å². The molecule has 0 aromatic heterocycles. The summed E-state index contributed by atoms with van der Waals surface area (Å²) in [5, 5.41) is 54.3. The third kappa shape index (κ3) is 33.0. The molecule has 1 fully saturated rings. The average molecular weight is 878 g/mol. The molecule has 0 aromatic rings. The lowest BCUT2D eigenvalue weighted by molar-refractivity contribution is -0.302. The number of carbonyl (C=O) groups excluding carboxylic acids is 1. The molecule has 9 nitrogen and oxygen atoms in total. The number of carbonyl (C=O) groups is 1. The van der Waals surface area contributed by atoms with E-state index in [9.17, 15) is 30.3 Å². The van der Waals surface area contributed by atoms with Crippen molar-refractivity contribution in [2.75, 3.05) is 13.2 Å². The lowest BCUT2D eigenvalue weighted by atomic mass is 9.99. The van der Waals surface area contributed by atoms with E-state index in [1.54, 1.807) is 6.08 Å². The van der Waals surface area contributed by atoms with E-state index in [0.29, 0.717) is 6.42 Å². The monoisotopic (exact) mass is 878 g/mol. The molecule has 7 unspecified atom stereocenters. The summed E-state index contributed by atoms with van der Waals surface area (Å²) in [6.07, 6.45) is 47.8. The summed E-state index contributed by atoms with van der Waals surface area (Å²) in [5.74, 6) is -0.195. The third-order valence-corrected chi connectivity index (χ3v) is 12.4. The zero-order valence-electron chi connectivity index (χ0n) is 40.1. The number of aliphatic hydroxyl groups excluding tert-OH is 5. The van der Waals surface area contributed by atoms with Crippen LogP contribution >= 0.6 is 0 Å². The fraction of sp³-hybridized carbons (Fsp3) is 0.868. The van der Waals surface area contributed by atoms with Crippen molar-refractivity contribution >= 4 is 5.91 Å². The van der Waals surface area contributed by atoms with Gasteiger partial charge in [-0.1, -0.05) is 211 Å². The Kier molecular flexibility index (Phi) is 40.8. The molecule has 7 atom stereocenters. The summed E-state index contributed by atoms with van der Waals surface area (Å²) in [5.41, 5.74) is 0. The molecule has 0 saturated carbocycles. The standard InChI is InChI=1S/C53H99NO8/c1-3-5-7-9-11-13-15-17-19-20-21-22-23-24-25-26-27-28-29-30-32-34-36-38-40-42-47(56)46(45-61-53-52(60)51(59)50(58)48(44-55)62-53)54-49(57)43-41-39-37-35-33-31-18-16-14-12-10-8-6-4-2/h16,18,32,34,40,42,46-48,50-53,55-56,58-60H,3-15,17,19-31,33,35-39,41,43-45H2,1-2H3,(H,54,57)/b18-16-,34-32+,42-40+. The van der Waals surface area contributed by atoms with Crippen LogP contribution in [-0.4, -0.2) is 87.5 Å². The highest BCUT2D eigenvalue weighted by Gasteiger charge is 2.44. The van der Waals surface area contributed by atoms with Gasteiger partial charge in [0.25, 0.3) is 0 Å². The number of rotatable bonds is 44. The van der Waals surface area contributed by atoms with Crippen LogP contribution in [0.3, 0.4) is 0 Å². The third-order valence-electron chi connectivity index (χ3n) is 12.4. The highest BCUT2D eigenvalue weighted by atomic mass is 16.7. The molecule has 1 rings (SSSR count). The molecule has 0 aromatic carbocycles. The quantitative estimate of drug-likeness (QED) is 0.0262. The van der Waals surface area contributed by atoms with E-state index in [2.05, 4.69) is 43.5 Å². The summed E-state index contributed by atoms with van der Waals surface area (Å²) in [6, 6.07) is -0.825. The Balaban J connectivity index is 2.28. The molecule has 1 saturated heterocycles. The lowest BCUT2D eigenvalue weighted by Gasteiger charge is -2.40. The van der Waals surface area contributed by atoms with Gasteiger partial charge in [-0.15, -0.1) is 0 Å². The minimum Gasteiger partial charge on any atom is -0.394 e. The summed E-state index contributed by atoms with van der Waals surface area (Å²) in [4.78, 5) is 13.0. The van der Waals surface area contributed by atoms with Gasteiger partial charge in [0, 0.05) is 6.42 Å².